The van der Waals surface area contributed by atoms with Crippen LogP contribution in [0, 0.1) is 0 Å². The molecule has 8 nitrogen and oxygen atoms in total. The highest BCUT2D eigenvalue weighted by Gasteiger charge is 2.45. The van der Waals surface area contributed by atoms with Crippen molar-refractivity contribution < 1.29 is 18.0 Å². The van der Waals surface area contributed by atoms with Crippen LogP contribution in [-0.2, 0) is 19.8 Å². The minimum absolute atomic E-state index is 0.115. The first-order chi connectivity index (χ1) is 10.8. The van der Waals surface area contributed by atoms with Crippen LogP contribution >= 0.6 is 0 Å². The van der Waals surface area contributed by atoms with E-state index < -0.39 is 15.8 Å². The summed E-state index contributed by atoms with van der Waals surface area (Å²) in [5.41, 5.74) is -0.142. The molecule has 2 saturated heterocycles. The molecule has 0 aromatic heterocycles. The summed E-state index contributed by atoms with van der Waals surface area (Å²) in [6, 6.07) is 0. The van der Waals surface area contributed by atoms with E-state index in [1.807, 2.05) is 6.92 Å². The van der Waals surface area contributed by atoms with Crippen molar-refractivity contribution in [2.75, 3.05) is 39.3 Å². The summed E-state index contributed by atoms with van der Waals surface area (Å²) in [7, 11) is -3.38. The summed E-state index contributed by atoms with van der Waals surface area (Å²) >= 11 is 0. The second-order valence-corrected chi connectivity index (χ2v) is 8.56. The summed E-state index contributed by atoms with van der Waals surface area (Å²) in [5, 5.41) is 3.87. The minimum Gasteiger partial charge on any atom is -0.379 e. The third-order valence-electron chi connectivity index (χ3n) is 4.69. The Bertz CT molecular complexity index is 606. The molecular formula is C14H24N4O4S. The highest BCUT2D eigenvalue weighted by atomic mass is 32.2. The molecule has 23 heavy (non-hydrogen) atoms. The van der Waals surface area contributed by atoms with Crippen LogP contribution in [0.15, 0.2) is 5.16 Å². The van der Waals surface area contributed by atoms with Gasteiger partial charge in [0.15, 0.2) is 0 Å². The second-order valence-electron chi connectivity index (χ2n) is 6.63. The number of nitrogens with zero attached hydrogens (tertiary/aromatic N) is 4. The molecule has 0 bridgehead atoms. The zero-order chi connectivity index (χ0) is 16.7. The third kappa shape index (κ3) is 3.09. The Morgan fingerprint density at radius 1 is 1.09 bits per heavy atom. The van der Waals surface area contributed by atoms with Gasteiger partial charge in [0.1, 0.15) is 0 Å². The zero-order valence-corrected chi connectivity index (χ0v) is 14.5. The predicted octanol–water partition coefficient (Wildman–Crippen LogP) is 0.0261. The minimum atomic E-state index is -3.38. The summed E-state index contributed by atoms with van der Waals surface area (Å²) in [6.45, 7) is 6.23. The van der Waals surface area contributed by atoms with Gasteiger partial charge in [-0.3, -0.25) is 4.79 Å². The Labute approximate surface area is 137 Å². The van der Waals surface area contributed by atoms with E-state index in [-0.39, 0.29) is 5.91 Å². The van der Waals surface area contributed by atoms with Gasteiger partial charge in [-0.2, -0.15) is 17.0 Å². The molecule has 0 unspecified atom stereocenters. The Balaban J connectivity index is 1.59. The van der Waals surface area contributed by atoms with Gasteiger partial charge in [-0.05, 0) is 26.7 Å². The van der Waals surface area contributed by atoms with Crippen LogP contribution in [0.25, 0.3) is 0 Å². The Morgan fingerprint density at radius 2 is 1.65 bits per heavy atom. The van der Waals surface area contributed by atoms with E-state index in [4.69, 9.17) is 4.84 Å². The van der Waals surface area contributed by atoms with E-state index in [1.165, 1.54) is 4.31 Å². The third-order valence-corrected chi connectivity index (χ3v) is 6.73. The molecule has 0 saturated carbocycles. The Hall–Kier alpha value is -1.19. The average molecular weight is 344 g/mol. The lowest BCUT2D eigenvalue weighted by Crippen LogP contribution is -2.57. The maximum atomic E-state index is 12.6. The average Bonchev–Trinajstić information content (AvgIpc) is 3.18. The SMILES string of the molecule is CC1=NO[C@@](C)(C(=O)N2CCN(S(=O)(=O)N3CCCC3)CC2)C1. The van der Waals surface area contributed by atoms with Crippen molar-refractivity contribution in [3.63, 3.8) is 0 Å². The van der Waals surface area contributed by atoms with Gasteiger partial charge in [0.05, 0.1) is 5.71 Å². The van der Waals surface area contributed by atoms with Crippen molar-refractivity contribution >= 4 is 21.8 Å². The molecule has 0 radical (unpaired) electrons. The number of carbonyl (C=O) groups is 1. The van der Waals surface area contributed by atoms with E-state index >= 15 is 0 Å². The number of amides is 1. The van der Waals surface area contributed by atoms with Crippen LogP contribution in [0.3, 0.4) is 0 Å². The molecule has 9 heteroatoms. The lowest BCUT2D eigenvalue weighted by molar-refractivity contribution is -0.154. The van der Waals surface area contributed by atoms with Gasteiger partial charge in [0, 0.05) is 45.7 Å². The fourth-order valence-corrected chi connectivity index (χ4v) is 5.06. The van der Waals surface area contributed by atoms with Crippen molar-refractivity contribution in [1.82, 2.24) is 13.5 Å². The number of hydrogen-bond acceptors (Lipinski definition) is 5. The normalized spacial score (nSPS) is 30.3. The molecule has 0 aliphatic carbocycles. The molecule has 3 rings (SSSR count). The van der Waals surface area contributed by atoms with Crippen LogP contribution in [0.4, 0.5) is 0 Å². The van der Waals surface area contributed by atoms with Gasteiger partial charge in [0.2, 0.25) is 5.60 Å². The van der Waals surface area contributed by atoms with Crippen molar-refractivity contribution in [3.8, 4) is 0 Å². The molecule has 0 spiro atoms. The first-order valence-electron chi connectivity index (χ1n) is 8.09. The molecule has 1 amide bonds. The number of hydrogen-bond donors (Lipinski definition) is 0. The van der Waals surface area contributed by atoms with E-state index in [2.05, 4.69) is 5.16 Å². The summed E-state index contributed by atoms with van der Waals surface area (Å²) in [6.07, 6.45) is 2.33. The summed E-state index contributed by atoms with van der Waals surface area (Å²) < 4.78 is 28.1. The lowest BCUT2D eigenvalue weighted by atomic mass is 9.98. The number of oxime groups is 1. The van der Waals surface area contributed by atoms with Gasteiger partial charge in [-0.15, -0.1) is 0 Å². The topological polar surface area (TPSA) is 82.5 Å². The molecule has 3 heterocycles. The number of carbonyl (C=O) groups excluding carboxylic acids is 1. The maximum Gasteiger partial charge on any atom is 0.282 e. The quantitative estimate of drug-likeness (QED) is 0.723. The smallest absolute Gasteiger partial charge is 0.282 e. The Morgan fingerprint density at radius 3 is 2.17 bits per heavy atom. The van der Waals surface area contributed by atoms with Crippen molar-refractivity contribution in [1.29, 1.82) is 0 Å². The largest absolute Gasteiger partial charge is 0.379 e. The predicted molar refractivity (Wildman–Crippen MR) is 85.1 cm³/mol. The highest BCUT2D eigenvalue weighted by molar-refractivity contribution is 7.86. The van der Waals surface area contributed by atoms with Gasteiger partial charge in [-0.1, -0.05) is 5.16 Å². The molecule has 3 aliphatic heterocycles. The fraction of sp³-hybridized carbons (Fsp3) is 0.857. The monoisotopic (exact) mass is 344 g/mol. The molecule has 0 N–H and O–H groups in total. The van der Waals surface area contributed by atoms with Crippen molar-refractivity contribution in [2.45, 2.75) is 38.7 Å². The molecule has 2 fully saturated rings. The molecule has 3 aliphatic rings. The van der Waals surface area contributed by atoms with E-state index in [1.54, 1.807) is 16.1 Å². The highest BCUT2D eigenvalue weighted by Crippen LogP contribution is 2.27. The van der Waals surface area contributed by atoms with Crippen LogP contribution in [-0.4, -0.2) is 78.4 Å². The van der Waals surface area contributed by atoms with E-state index in [9.17, 15) is 13.2 Å². The fourth-order valence-electron chi connectivity index (χ4n) is 3.38. The van der Waals surface area contributed by atoms with Crippen molar-refractivity contribution in [3.05, 3.63) is 0 Å². The number of rotatable bonds is 3. The maximum absolute atomic E-state index is 12.6. The first-order valence-corrected chi connectivity index (χ1v) is 9.49. The van der Waals surface area contributed by atoms with Gasteiger partial charge in [-0.25, -0.2) is 0 Å². The summed E-state index contributed by atoms with van der Waals surface area (Å²) in [4.78, 5) is 19.6. The zero-order valence-electron chi connectivity index (χ0n) is 13.7. The summed E-state index contributed by atoms with van der Waals surface area (Å²) in [5.74, 6) is -0.115. The van der Waals surface area contributed by atoms with Gasteiger partial charge in [0.25, 0.3) is 16.1 Å². The molecular weight excluding hydrogens is 320 g/mol. The van der Waals surface area contributed by atoms with Crippen LogP contribution in [0.2, 0.25) is 0 Å². The van der Waals surface area contributed by atoms with Gasteiger partial charge < -0.3 is 9.74 Å². The lowest BCUT2D eigenvalue weighted by Gasteiger charge is -2.38. The standard InChI is InChI=1S/C14H24N4O4S/c1-12-11-14(2,22-15-12)13(19)16-7-9-18(10-8-16)23(20,21)17-5-3-4-6-17/h3-11H2,1-2H3/t14-/m1/s1. The van der Waals surface area contributed by atoms with Crippen LogP contribution < -0.4 is 0 Å². The van der Waals surface area contributed by atoms with Gasteiger partial charge >= 0.3 is 0 Å². The molecule has 130 valence electrons. The second kappa shape index (κ2) is 6.03. The first kappa shape index (κ1) is 16.7. The van der Waals surface area contributed by atoms with E-state index in [0.717, 1.165) is 18.6 Å². The number of piperazine rings is 1. The van der Waals surface area contributed by atoms with Crippen LogP contribution in [0.1, 0.15) is 33.1 Å². The molecule has 1 atom stereocenters. The molecule has 0 aromatic carbocycles. The van der Waals surface area contributed by atoms with Crippen LogP contribution in [0.5, 0.6) is 0 Å². The van der Waals surface area contributed by atoms with E-state index in [0.29, 0.717) is 45.7 Å². The van der Waals surface area contributed by atoms with Crippen molar-refractivity contribution in [2.24, 2.45) is 5.16 Å². The Kier molecular flexibility index (Phi) is 4.37. The molecule has 0 aromatic rings.